The highest BCUT2D eigenvalue weighted by Crippen LogP contribution is 2.32. The first-order valence-electron chi connectivity index (χ1n) is 10.6. The van der Waals surface area contributed by atoms with Gasteiger partial charge < -0.3 is 19.3 Å². The van der Waals surface area contributed by atoms with Crippen LogP contribution in [0.2, 0.25) is 0 Å². The smallest absolute Gasteiger partial charge is 0.270 e. The quantitative estimate of drug-likeness (QED) is 0.536. The number of nitrogens with zero attached hydrogens (tertiary/aromatic N) is 3. The summed E-state index contributed by atoms with van der Waals surface area (Å²) in [6.45, 7) is 4.53. The number of carbonyl (C=O) groups excluding carboxylic acids is 1. The van der Waals surface area contributed by atoms with E-state index in [9.17, 15) is 14.9 Å². The minimum atomic E-state index is -0.464. The highest BCUT2D eigenvalue weighted by atomic mass is 16.6. The Balaban J connectivity index is 1.53. The van der Waals surface area contributed by atoms with Crippen molar-refractivity contribution in [2.75, 3.05) is 38.2 Å². The molecule has 164 valence electrons. The van der Waals surface area contributed by atoms with Crippen LogP contribution in [0, 0.1) is 16.0 Å². The number of para-hydroxylation sites is 2. The number of carbonyl (C=O) groups is 1. The number of hydrogen-bond donors (Lipinski definition) is 0. The number of hydrogen-bond acceptors (Lipinski definition) is 6. The van der Waals surface area contributed by atoms with E-state index in [4.69, 9.17) is 9.47 Å². The third kappa shape index (κ3) is 4.57. The first kappa shape index (κ1) is 21.0. The number of nitro groups is 1. The second-order valence-corrected chi connectivity index (χ2v) is 8.31. The molecule has 0 aliphatic carbocycles. The molecule has 2 aromatic carbocycles. The molecule has 2 aromatic rings. The van der Waals surface area contributed by atoms with Gasteiger partial charge in [0.1, 0.15) is 6.61 Å². The molecule has 2 aliphatic heterocycles. The molecule has 8 heteroatoms. The third-order valence-corrected chi connectivity index (χ3v) is 5.94. The van der Waals surface area contributed by atoms with Gasteiger partial charge in [-0.15, -0.1) is 0 Å². The van der Waals surface area contributed by atoms with Crippen molar-refractivity contribution < 1.29 is 19.2 Å². The van der Waals surface area contributed by atoms with Crippen molar-refractivity contribution >= 4 is 17.3 Å². The lowest BCUT2D eigenvalue weighted by molar-refractivity contribution is -0.384. The summed E-state index contributed by atoms with van der Waals surface area (Å²) >= 11 is 0. The van der Waals surface area contributed by atoms with Crippen molar-refractivity contribution in [3.05, 3.63) is 58.1 Å². The summed E-state index contributed by atoms with van der Waals surface area (Å²) in [4.78, 5) is 27.9. The number of anilines is 1. The number of non-ortho nitro benzene ring substituents is 1. The molecule has 8 nitrogen and oxygen atoms in total. The molecule has 0 radical (unpaired) electrons. The SMILES string of the molecule is CC1CCN(c2ccc([N+](=O)[O-])cc2C(=O)N(C)C[C@H]2COc3ccccc3O2)CC1. The molecular formula is C23H27N3O5. The topological polar surface area (TPSA) is 85.2 Å². The lowest BCUT2D eigenvalue weighted by Crippen LogP contribution is -2.42. The number of benzene rings is 2. The van der Waals surface area contributed by atoms with Gasteiger partial charge in [-0.05, 0) is 37.0 Å². The van der Waals surface area contributed by atoms with E-state index in [0.717, 1.165) is 31.6 Å². The van der Waals surface area contributed by atoms with E-state index >= 15 is 0 Å². The van der Waals surface area contributed by atoms with Crippen LogP contribution in [-0.4, -0.2) is 55.1 Å². The van der Waals surface area contributed by atoms with Crippen molar-refractivity contribution in [1.29, 1.82) is 0 Å². The van der Waals surface area contributed by atoms with E-state index in [-0.39, 0.29) is 17.7 Å². The standard InChI is InChI=1S/C23H27N3O5/c1-16-9-11-25(12-10-16)20-8-7-17(26(28)29)13-19(20)23(27)24(2)14-18-15-30-21-5-3-4-6-22(21)31-18/h3-8,13,16,18H,9-12,14-15H2,1-2H3/t18-/m0/s1. The zero-order chi connectivity index (χ0) is 22.0. The Morgan fingerprint density at radius 2 is 1.90 bits per heavy atom. The Bertz CT molecular complexity index is 971. The predicted octanol–water partition coefficient (Wildman–Crippen LogP) is 3.74. The van der Waals surface area contributed by atoms with Crippen LogP contribution in [0.4, 0.5) is 11.4 Å². The molecule has 0 bridgehead atoms. The van der Waals surface area contributed by atoms with E-state index in [2.05, 4.69) is 11.8 Å². The van der Waals surface area contributed by atoms with Gasteiger partial charge in [0, 0.05) is 32.3 Å². The number of likely N-dealkylation sites (N-methyl/N-ethyl adjacent to an activating group) is 1. The van der Waals surface area contributed by atoms with Gasteiger partial charge in [-0.2, -0.15) is 0 Å². The van der Waals surface area contributed by atoms with Gasteiger partial charge in [0.15, 0.2) is 17.6 Å². The predicted molar refractivity (Wildman–Crippen MR) is 117 cm³/mol. The van der Waals surface area contributed by atoms with Crippen molar-refractivity contribution in [1.82, 2.24) is 4.90 Å². The van der Waals surface area contributed by atoms with E-state index in [1.54, 1.807) is 18.0 Å². The summed E-state index contributed by atoms with van der Waals surface area (Å²) in [5.41, 5.74) is 1.01. The maximum absolute atomic E-state index is 13.3. The Morgan fingerprint density at radius 3 is 2.61 bits per heavy atom. The minimum Gasteiger partial charge on any atom is -0.486 e. The second kappa shape index (κ2) is 8.83. The summed E-state index contributed by atoms with van der Waals surface area (Å²) in [5.74, 6) is 1.72. The number of rotatable bonds is 5. The van der Waals surface area contributed by atoms with Gasteiger partial charge in [-0.25, -0.2) is 0 Å². The Morgan fingerprint density at radius 1 is 1.19 bits per heavy atom. The van der Waals surface area contributed by atoms with Crippen molar-refractivity contribution in [3.63, 3.8) is 0 Å². The van der Waals surface area contributed by atoms with Crippen molar-refractivity contribution in [2.24, 2.45) is 5.92 Å². The lowest BCUT2D eigenvalue weighted by Gasteiger charge is -2.34. The molecule has 4 rings (SSSR count). The van der Waals surface area contributed by atoms with E-state index < -0.39 is 4.92 Å². The second-order valence-electron chi connectivity index (χ2n) is 8.31. The van der Waals surface area contributed by atoms with Gasteiger partial charge in [0.2, 0.25) is 0 Å². The van der Waals surface area contributed by atoms with Crippen LogP contribution in [0.5, 0.6) is 11.5 Å². The Hall–Kier alpha value is -3.29. The number of piperidine rings is 1. The summed E-state index contributed by atoms with van der Waals surface area (Å²) in [5, 5.41) is 11.3. The third-order valence-electron chi connectivity index (χ3n) is 5.94. The monoisotopic (exact) mass is 425 g/mol. The van der Waals surface area contributed by atoms with Gasteiger partial charge in [-0.3, -0.25) is 14.9 Å². The highest BCUT2D eigenvalue weighted by Gasteiger charge is 2.28. The fraction of sp³-hybridized carbons (Fsp3) is 0.435. The maximum atomic E-state index is 13.3. The van der Waals surface area contributed by atoms with Crippen molar-refractivity contribution in [2.45, 2.75) is 25.9 Å². The summed E-state index contributed by atoms with van der Waals surface area (Å²) in [7, 11) is 1.69. The van der Waals surface area contributed by atoms with Gasteiger partial charge in [0.25, 0.3) is 11.6 Å². The van der Waals surface area contributed by atoms with Gasteiger partial charge in [-0.1, -0.05) is 19.1 Å². The van der Waals surface area contributed by atoms with E-state index in [1.165, 1.54) is 12.1 Å². The molecule has 1 saturated heterocycles. The summed E-state index contributed by atoms with van der Waals surface area (Å²) in [6, 6.07) is 12.0. The summed E-state index contributed by atoms with van der Waals surface area (Å²) in [6.07, 6.45) is 1.75. The van der Waals surface area contributed by atoms with Crippen LogP contribution >= 0.6 is 0 Å². The van der Waals surface area contributed by atoms with Crippen LogP contribution in [0.3, 0.4) is 0 Å². The largest absolute Gasteiger partial charge is 0.486 e. The molecule has 1 amide bonds. The van der Waals surface area contributed by atoms with Crippen LogP contribution in [0.15, 0.2) is 42.5 Å². The number of fused-ring (bicyclic) bond motifs is 1. The molecule has 2 heterocycles. The molecule has 0 unspecified atom stereocenters. The minimum absolute atomic E-state index is 0.0861. The normalized spacial score (nSPS) is 18.5. The molecule has 0 spiro atoms. The summed E-state index contributed by atoms with van der Waals surface area (Å²) < 4.78 is 11.7. The Labute approximate surface area is 181 Å². The van der Waals surface area contributed by atoms with Crippen molar-refractivity contribution in [3.8, 4) is 11.5 Å². The van der Waals surface area contributed by atoms with Crippen LogP contribution < -0.4 is 14.4 Å². The lowest BCUT2D eigenvalue weighted by atomic mass is 9.97. The molecule has 31 heavy (non-hydrogen) atoms. The number of ether oxygens (including phenoxy) is 2. The van der Waals surface area contributed by atoms with Crippen LogP contribution in [-0.2, 0) is 0 Å². The average molecular weight is 425 g/mol. The molecule has 1 atom stereocenters. The van der Waals surface area contributed by atoms with Gasteiger partial charge >= 0.3 is 0 Å². The van der Waals surface area contributed by atoms with E-state index in [1.807, 2.05) is 24.3 Å². The highest BCUT2D eigenvalue weighted by molar-refractivity contribution is 6.00. The molecule has 0 aromatic heterocycles. The van der Waals surface area contributed by atoms with Crippen LogP contribution in [0.25, 0.3) is 0 Å². The average Bonchev–Trinajstić information content (AvgIpc) is 2.78. The van der Waals surface area contributed by atoms with Gasteiger partial charge in [0.05, 0.1) is 22.7 Å². The number of nitro benzene ring substituents is 1. The van der Waals surface area contributed by atoms with Crippen LogP contribution in [0.1, 0.15) is 30.1 Å². The fourth-order valence-electron chi connectivity index (χ4n) is 4.08. The maximum Gasteiger partial charge on any atom is 0.270 e. The molecule has 1 fully saturated rings. The fourth-order valence-corrected chi connectivity index (χ4v) is 4.08. The zero-order valence-corrected chi connectivity index (χ0v) is 17.8. The molecular weight excluding hydrogens is 398 g/mol. The zero-order valence-electron chi connectivity index (χ0n) is 17.8. The Kier molecular flexibility index (Phi) is 5.97. The molecule has 0 saturated carbocycles. The molecule has 2 aliphatic rings. The number of amides is 1. The first-order valence-corrected chi connectivity index (χ1v) is 10.6. The molecule has 0 N–H and O–H groups in total. The first-order chi connectivity index (χ1) is 14.9. The van der Waals surface area contributed by atoms with E-state index in [0.29, 0.717) is 36.1 Å².